The summed E-state index contributed by atoms with van der Waals surface area (Å²) < 4.78 is 39.4. The molecule has 30 heavy (non-hydrogen) atoms. The number of carboxylic acids is 1. The first-order valence-electron chi connectivity index (χ1n) is 9.28. The van der Waals surface area contributed by atoms with Gasteiger partial charge in [0.15, 0.2) is 0 Å². The van der Waals surface area contributed by atoms with E-state index in [1.165, 1.54) is 18.3 Å². The number of nitrogens with zero attached hydrogens (tertiary/aromatic N) is 2. The van der Waals surface area contributed by atoms with E-state index >= 15 is 0 Å². The molecule has 0 radical (unpaired) electrons. The summed E-state index contributed by atoms with van der Waals surface area (Å²) in [6, 6.07) is 13.9. The number of halogens is 3. The van der Waals surface area contributed by atoms with Crippen molar-refractivity contribution in [3.8, 4) is 11.3 Å². The number of hydrogen-bond acceptors (Lipinski definition) is 3. The van der Waals surface area contributed by atoms with Gasteiger partial charge in [0.05, 0.1) is 17.5 Å². The molecule has 0 aliphatic carbocycles. The Morgan fingerprint density at radius 3 is 2.27 bits per heavy atom. The van der Waals surface area contributed by atoms with Gasteiger partial charge in [-0.05, 0) is 42.5 Å². The van der Waals surface area contributed by atoms with E-state index in [9.17, 15) is 27.9 Å². The van der Waals surface area contributed by atoms with Gasteiger partial charge >= 0.3 is 12.1 Å². The maximum Gasteiger partial charge on any atom is 0.416 e. The summed E-state index contributed by atoms with van der Waals surface area (Å²) in [5, 5.41) is 9.20. The highest BCUT2D eigenvalue weighted by Crippen LogP contribution is 2.30. The SMILES string of the molecule is O=C(O)Cn1c(-c2ccc(C(F)(F)F)cc2)cnc(CCCc2ccccc2)c1=O. The van der Waals surface area contributed by atoms with Crippen LogP contribution in [0.15, 0.2) is 65.6 Å². The molecule has 0 aliphatic heterocycles. The third kappa shape index (κ3) is 5.14. The second kappa shape index (κ2) is 8.94. The van der Waals surface area contributed by atoms with Crippen LogP contribution in [0.4, 0.5) is 13.2 Å². The number of aliphatic carboxylic acids is 1. The maximum absolute atomic E-state index is 12.8. The van der Waals surface area contributed by atoms with Crippen molar-refractivity contribution in [2.45, 2.75) is 32.0 Å². The van der Waals surface area contributed by atoms with Crippen LogP contribution in [0.2, 0.25) is 0 Å². The molecule has 8 heteroatoms. The van der Waals surface area contributed by atoms with Gasteiger partial charge in [-0.1, -0.05) is 42.5 Å². The van der Waals surface area contributed by atoms with Gasteiger partial charge in [0, 0.05) is 0 Å². The second-order valence-corrected chi connectivity index (χ2v) is 6.79. The fourth-order valence-electron chi connectivity index (χ4n) is 3.16. The normalized spacial score (nSPS) is 11.4. The highest BCUT2D eigenvalue weighted by atomic mass is 19.4. The molecular formula is C22H19F3N2O3. The Balaban J connectivity index is 1.88. The molecule has 0 fully saturated rings. The lowest BCUT2D eigenvalue weighted by Gasteiger charge is -2.13. The van der Waals surface area contributed by atoms with E-state index in [1.807, 2.05) is 30.3 Å². The summed E-state index contributed by atoms with van der Waals surface area (Å²) in [6.07, 6.45) is -1.40. The molecule has 1 N–H and O–H groups in total. The van der Waals surface area contributed by atoms with Gasteiger partial charge in [-0.25, -0.2) is 0 Å². The first kappa shape index (κ1) is 21.3. The molecule has 5 nitrogen and oxygen atoms in total. The monoisotopic (exact) mass is 416 g/mol. The fourth-order valence-corrected chi connectivity index (χ4v) is 3.16. The molecule has 0 unspecified atom stereocenters. The Morgan fingerprint density at radius 1 is 1.00 bits per heavy atom. The van der Waals surface area contributed by atoms with E-state index in [0.717, 1.165) is 28.7 Å². The standard InChI is InChI=1S/C22H19F3N2O3/c23-22(24,25)17-11-9-16(10-12-17)19-13-26-18(21(30)27(19)14-20(28)29)8-4-7-15-5-2-1-3-6-15/h1-3,5-6,9-13H,4,7-8,14H2,(H,28,29). The zero-order chi connectivity index (χ0) is 21.7. The van der Waals surface area contributed by atoms with Crippen LogP contribution in [0, 0.1) is 0 Å². The number of benzene rings is 2. The lowest BCUT2D eigenvalue weighted by Crippen LogP contribution is -2.29. The lowest BCUT2D eigenvalue weighted by atomic mass is 10.1. The third-order valence-electron chi connectivity index (χ3n) is 4.65. The number of aromatic nitrogens is 2. The van der Waals surface area contributed by atoms with Gasteiger partial charge in [0.1, 0.15) is 12.2 Å². The Bertz CT molecular complexity index is 1080. The number of carboxylic acid groups (broad SMARTS) is 1. The minimum atomic E-state index is -4.49. The smallest absolute Gasteiger partial charge is 0.416 e. The number of hydrogen-bond donors (Lipinski definition) is 1. The lowest BCUT2D eigenvalue weighted by molar-refractivity contribution is -0.138. The third-order valence-corrected chi connectivity index (χ3v) is 4.65. The van der Waals surface area contributed by atoms with Gasteiger partial charge < -0.3 is 5.11 Å². The zero-order valence-corrected chi connectivity index (χ0v) is 15.9. The van der Waals surface area contributed by atoms with Gasteiger partial charge in [-0.15, -0.1) is 0 Å². The first-order valence-corrected chi connectivity index (χ1v) is 9.28. The summed E-state index contributed by atoms with van der Waals surface area (Å²) in [7, 11) is 0. The maximum atomic E-state index is 12.8. The molecular weight excluding hydrogens is 397 g/mol. The number of carbonyl (C=O) groups is 1. The molecule has 3 rings (SSSR count). The van der Waals surface area contributed by atoms with E-state index in [1.54, 1.807) is 0 Å². The molecule has 156 valence electrons. The van der Waals surface area contributed by atoms with E-state index < -0.39 is 29.8 Å². The van der Waals surface area contributed by atoms with E-state index in [-0.39, 0.29) is 17.0 Å². The summed E-state index contributed by atoms with van der Waals surface area (Å²) in [5.41, 5.74) is 0.395. The van der Waals surface area contributed by atoms with Crippen molar-refractivity contribution in [1.29, 1.82) is 0 Å². The zero-order valence-electron chi connectivity index (χ0n) is 15.9. The summed E-state index contributed by atoms with van der Waals surface area (Å²) in [4.78, 5) is 28.3. The molecule has 0 spiro atoms. The molecule has 0 saturated carbocycles. The summed E-state index contributed by atoms with van der Waals surface area (Å²) in [5.74, 6) is -1.23. The van der Waals surface area contributed by atoms with E-state index in [2.05, 4.69) is 4.98 Å². The van der Waals surface area contributed by atoms with Crippen LogP contribution in [0.5, 0.6) is 0 Å². The number of aryl methyl sites for hydroxylation is 2. The van der Waals surface area contributed by atoms with Crippen LogP contribution in [-0.4, -0.2) is 20.6 Å². The first-order chi connectivity index (χ1) is 14.3. The van der Waals surface area contributed by atoms with Crippen molar-refractivity contribution >= 4 is 5.97 Å². The fraction of sp³-hybridized carbons (Fsp3) is 0.227. The van der Waals surface area contributed by atoms with E-state index in [4.69, 9.17) is 0 Å². The topological polar surface area (TPSA) is 72.2 Å². The molecule has 0 aliphatic rings. The summed E-state index contributed by atoms with van der Waals surface area (Å²) in [6.45, 7) is -0.608. The molecule has 3 aromatic rings. The number of alkyl halides is 3. The molecule has 1 heterocycles. The molecule has 0 amide bonds. The van der Waals surface area contributed by atoms with E-state index in [0.29, 0.717) is 12.8 Å². The van der Waals surface area contributed by atoms with Gasteiger partial charge in [0.2, 0.25) is 0 Å². The van der Waals surface area contributed by atoms with Gasteiger partial charge in [-0.3, -0.25) is 19.1 Å². The Morgan fingerprint density at radius 2 is 1.67 bits per heavy atom. The van der Waals surface area contributed by atoms with Gasteiger partial charge in [-0.2, -0.15) is 13.2 Å². The van der Waals surface area contributed by atoms with Crippen molar-refractivity contribution in [3.05, 3.63) is 88.0 Å². The highest BCUT2D eigenvalue weighted by molar-refractivity contribution is 5.68. The minimum absolute atomic E-state index is 0.155. The minimum Gasteiger partial charge on any atom is -0.480 e. The van der Waals surface area contributed by atoms with Crippen LogP contribution in [0.3, 0.4) is 0 Å². The predicted octanol–water partition coefficient (Wildman–Crippen LogP) is 4.19. The second-order valence-electron chi connectivity index (χ2n) is 6.79. The van der Waals surface area contributed by atoms with Crippen molar-refractivity contribution in [2.24, 2.45) is 0 Å². The Kier molecular flexibility index (Phi) is 6.34. The van der Waals surface area contributed by atoms with Crippen molar-refractivity contribution in [2.75, 3.05) is 0 Å². The Hall–Kier alpha value is -3.42. The molecule has 0 atom stereocenters. The molecule has 1 aromatic heterocycles. The average molecular weight is 416 g/mol. The van der Waals surface area contributed by atoms with Gasteiger partial charge in [0.25, 0.3) is 5.56 Å². The van der Waals surface area contributed by atoms with Crippen molar-refractivity contribution in [3.63, 3.8) is 0 Å². The van der Waals surface area contributed by atoms with Crippen molar-refractivity contribution < 1.29 is 23.1 Å². The van der Waals surface area contributed by atoms with Crippen LogP contribution < -0.4 is 5.56 Å². The highest BCUT2D eigenvalue weighted by Gasteiger charge is 2.30. The molecule has 2 aromatic carbocycles. The largest absolute Gasteiger partial charge is 0.480 e. The molecule has 0 bridgehead atoms. The van der Waals surface area contributed by atoms with Crippen LogP contribution >= 0.6 is 0 Å². The van der Waals surface area contributed by atoms with Crippen molar-refractivity contribution in [1.82, 2.24) is 9.55 Å². The average Bonchev–Trinajstić information content (AvgIpc) is 2.71. The predicted molar refractivity (Wildman–Crippen MR) is 105 cm³/mol. The van der Waals surface area contributed by atoms with Crippen LogP contribution in [0.25, 0.3) is 11.3 Å². The quantitative estimate of drug-likeness (QED) is 0.627. The molecule has 0 saturated heterocycles. The Labute approximate surface area is 170 Å². The van der Waals surface area contributed by atoms with Crippen LogP contribution in [0.1, 0.15) is 23.2 Å². The van der Waals surface area contributed by atoms with Crippen LogP contribution in [-0.2, 0) is 30.4 Å². The number of rotatable bonds is 7. The summed E-state index contributed by atoms with van der Waals surface area (Å²) >= 11 is 0.